The Labute approximate surface area is 229 Å². The average molecular weight is 549 g/mol. The Morgan fingerprint density at radius 2 is 1.41 bits per heavy atom. The van der Waals surface area contributed by atoms with Crippen LogP contribution < -0.4 is 5.32 Å². The molecule has 5 rings (SSSR count). The normalized spacial score (nSPS) is 17.1. The summed E-state index contributed by atoms with van der Waals surface area (Å²) in [6, 6.07) is 22.9. The minimum atomic E-state index is -3.48. The van der Waals surface area contributed by atoms with E-state index < -0.39 is 10.0 Å². The molecule has 0 bridgehead atoms. The Morgan fingerprint density at radius 1 is 0.769 bits per heavy atom. The van der Waals surface area contributed by atoms with Crippen molar-refractivity contribution in [2.45, 2.75) is 11.4 Å². The molecule has 2 aliphatic rings. The molecule has 0 atom stereocenters. The van der Waals surface area contributed by atoms with Gasteiger partial charge in [-0.3, -0.25) is 14.5 Å². The summed E-state index contributed by atoms with van der Waals surface area (Å²) < 4.78 is 32.6. The molecule has 10 heteroatoms. The monoisotopic (exact) mass is 548 g/mol. The summed E-state index contributed by atoms with van der Waals surface area (Å²) >= 11 is 0. The quantitative estimate of drug-likeness (QED) is 0.488. The second kappa shape index (κ2) is 12.1. The predicted octanol–water partition coefficient (Wildman–Crippen LogP) is 2.92. The van der Waals surface area contributed by atoms with Crippen molar-refractivity contribution in [2.75, 3.05) is 57.8 Å². The standard InChI is InChI=1S/C29H32N4O5S/c34-28(30-27-9-5-4-8-26(27)29(35)32-18-20-38-21-19-32)24-12-10-23(11-13-24)22-31-14-16-33(17-15-31)39(36,37)25-6-2-1-3-7-25/h1-13H,14-22H2,(H,30,34). The molecule has 3 aromatic carbocycles. The number of rotatable bonds is 7. The van der Waals surface area contributed by atoms with E-state index in [9.17, 15) is 18.0 Å². The van der Waals surface area contributed by atoms with Crippen molar-refractivity contribution in [3.05, 3.63) is 95.6 Å². The molecule has 2 saturated heterocycles. The van der Waals surface area contributed by atoms with Crippen LogP contribution in [0.15, 0.2) is 83.8 Å². The minimum Gasteiger partial charge on any atom is -0.378 e. The average Bonchev–Trinajstić information content (AvgIpc) is 2.98. The Morgan fingerprint density at radius 3 is 2.10 bits per heavy atom. The highest BCUT2D eigenvalue weighted by Crippen LogP contribution is 2.21. The van der Waals surface area contributed by atoms with Gasteiger partial charge in [0.1, 0.15) is 0 Å². The van der Waals surface area contributed by atoms with Crippen molar-refractivity contribution < 1.29 is 22.7 Å². The Kier molecular flexibility index (Phi) is 8.37. The van der Waals surface area contributed by atoms with Crippen molar-refractivity contribution in [1.29, 1.82) is 0 Å². The predicted molar refractivity (Wildman–Crippen MR) is 148 cm³/mol. The molecule has 2 heterocycles. The number of anilines is 1. The van der Waals surface area contributed by atoms with Crippen LogP contribution in [0.1, 0.15) is 26.3 Å². The van der Waals surface area contributed by atoms with Gasteiger partial charge >= 0.3 is 0 Å². The number of hydrogen-bond donors (Lipinski definition) is 1. The van der Waals surface area contributed by atoms with E-state index in [0.717, 1.165) is 5.56 Å². The van der Waals surface area contributed by atoms with Crippen LogP contribution in [0, 0.1) is 0 Å². The molecule has 0 radical (unpaired) electrons. The number of sulfonamides is 1. The van der Waals surface area contributed by atoms with Gasteiger partial charge in [-0.1, -0.05) is 42.5 Å². The number of hydrogen-bond acceptors (Lipinski definition) is 6. The molecule has 0 aromatic heterocycles. The first-order valence-corrected chi connectivity index (χ1v) is 14.5. The van der Waals surface area contributed by atoms with Crippen LogP contribution in [0.3, 0.4) is 0 Å². The Bertz CT molecular complexity index is 1400. The smallest absolute Gasteiger partial charge is 0.256 e. The van der Waals surface area contributed by atoms with Crippen molar-refractivity contribution >= 4 is 27.5 Å². The van der Waals surface area contributed by atoms with Gasteiger partial charge in [0.15, 0.2) is 0 Å². The number of nitrogens with zero attached hydrogens (tertiary/aromatic N) is 3. The number of nitrogens with one attached hydrogen (secondary N) is 1. The maximum absolute atomic E-state index is 13.0. The van der Waals surface area contributed by atoms with Gasteiger partial charge in [-0.25, -0.2) is 8.42 Å². The van der Waals surface area contributed by atoms with Crippen LogP contribution in [0.5, 0.6) is 0 Å². The number of piperazine rings is 1. The number of amides is 2. The molecule has 9 nitrogen and oxygen atoms in total. The van der Waals surface area contributed by atoms with Gasteiger partial charge in [-0.2, -0.15) is 4.31 Å². The van der Waals surface area contributed by atoms with Crippen LogP contribution in [-0.4, -0.2) is 86.8 Å². The molecule has 204 valence electrons. The van der Waals surface area contributed by atoms with E-state index in [0.29, 0.717) is 80.7 Å². The number of ether oxygens (including phenoxy) is 1. The Hall–Kier alpha value is -3.57. The molecule has 2 aliphatic heterocycles. The van der Waals surface area contributed by atoms with E-state index >= 15 is 0 Å². The fraction of sp³-hybridized carbons (Fsp3) is 0.310. The lowest BCUT2D eigenvalue weighted by Gasteiger charge is -2.34. The molecular formula is C29H32N4O5S. The molecule has 1 N–H and O–H groups in total. The second-order valence-electron chi connectivity index (χ2n) is 9.59. The first-order valence-electron chi connectivity index (χ1n) is 13.1. The minimum absolute atomic E-state index is 0.124. The highest BCUT2D eigenvalue weighted by Gasteiger charge is 2.28. The van der Waals surface area contributed by atoms with E-state index in [1.54, 1.807) is 71.6 Å². The molecular weight excluding hydrogens is 516 g/mol. The van der Waals surface area contributed by atoms with E-state index in [2.05, 4.69) is 10.2 Å². The number of carbonyl (C=O) groups is 2. The number of morpholine rings is 1. The van der Waals surface area contributed by atoms with Crippen molar-refractivity contribution in [3.63, 3.8) is 0 Å². The summed E-state index contributed by atoms with van der Waals surface area (Å²) in [5.74, 6) is -0.412. The van der Waals surface area contributed by atoms with Crippen LogP contribution in [-0.2, 0) is 21.3 Å². The third kappa shape index (κ3) is 6.36. The summed E-state index contributed by atoms with van der Waals surface area (Å²) in [7, 11) is -3.48. The Balaban J connectivity index is 1.16. The maximum atomic E-state index is 13.0. The summed E-state index contributed by atoms with van der Waals surface area (Å²) in [4.78, 5) is 30.2. The topological polar surface area (TPSA) is 99.3 Å². The lowest BCUT2D eigenvalue weighted by Crippen LogP contribution is -2.48. The zero-order chi connectivity index (χ0) is 27.2. The summed E-state index contributed by atoms with van der Waals surface area (Å²) in [5.41, 5.74) is 2.46. The molecule has 39 heavy (non-hydrogen) atoms. The van der Waals surface area contributed by atoms with Gasteiger partial charge in [0.05, 0.1) is 29.4 Å². The van der Waals surface area contributed by atoms with Gasteiger partial charge in [-0.15, -0.1) is 0 Å². The summed E-state index contributed by atoms with van der Waals surface area (Å²) in [6.07, 6.45) is 0. The van der Waals surface area contributed by atoms with Gasteiger partial charge < -0.3 is 15.0 Å². The van der Waals surface area contributed by atoms with Crippen LogP contribution in [0.4, 0.5) is 5.69 Å². The maximum Gasteiger partial charge on any atom is 0.256 e. The third-order valence-corrected chi connectivity index (χ3v) is 8.95. The molecule has 2 fully saturated rings. The van der Waals surface area contributed by atoms with Crippen LogP contribution in [0.25, 0.3) is 0 Å². The van der Waals surface area contributed by atoms with Crippen molar-refractivity contribution in [3.8, 4) is 0 Å². The lowest BCUT2D eigenvalue weighted by atomic mass is 10.1. The van der Waals surface area contributed by atoms with Crippen molar-refractivity contribution in [2.24, 2.45) is 0 Å². The van der Waals surface area contributed by atoms with E-state index in [1.165, 1.54) is 4.31 Å². The van der Waals surface area contributed by atoms with Gasteiger partial charge in [0, 0.05) is 51.4 Å². The number of carbonyl (C=O) groups excluding carboxylic acids is 2. The van der Waals surface area contributed by atoms with E-state index in [4.69, 9.17) is 4.74 Å². The van der Waals surface area contributed by atoms with Crippen LogP contribution in [0.2, 0.25) is 0 Å². The second-order valence-corrected chi connectivity index (χ2v) is 11.5. The van der Waals surface area contributed by atoms with Crippen molar-refractivity contribution in [1.82, 2.24) is 14.1 Å². The van der Waals surface area contributed by atoms with E-state index in [1.807, 2.05) is 12.1 Å². The fourth-order valence-corrected chi connectivity index (χ4v) is 6.24. The van der Waals surface area contributed by atoms with E-state index in [-0.39, 0.29) is 11.8 Å². The number of para-hydroxylation sites is 1. The molecule has 0 spiro atoms. The zero-order valence-electron chi connectivity index (χ0n) is 21.7. The SMILES string of the molecule is O=C(Nc1ccccc1C(=O)N1CCOCC1)c1ccc(CN2CCN(S(=O)(=O)c3ccccc3)CC2)cc1. The molecule has 2 amide bonds. The summed E-state index contributed by atoms with van der Waals surface area (Å²) in [6.45, 7) is 4.86. The largest absolute Gasteiger partial charge is 0.378 e. The first-order chi connectivity index (χ1) is 18.9. The third-order valence-electron chi connectivity index (χ3n) is 7.04. The zero-order valence-corrected chi connectivity index (χ0v) is 22.5. The number of benzene rings is 3. The first kappa shape index (κ1) is 27.0. The summed E-state index contributed by atoms with van der Waals surface area (Å²) in [5, 5.41) is 2.89. The molecule has 0 unspecified atom stereocenters. The molecule has 0 saturated carbocycles. The van der Waals surface area contributed by atoms with Gasteiger partial charge in [0.2, 0.25) is 10.0 Å². The molecule has 3 aromatic rings. The highest BCUT2D eigenvalue weighted by molar-refractivity contribution is 7.89. The highest BCUT2D eigenvalue weighted by atomic mass is 32.2. The van der Waals surface area contributed by atoms with Crippen LogP contribution >= 0.6 is 0 Å². The fourth-order valence-electron chi connectivity index (χ4n) is 4.80. The molecule has 0 aliphatic carbocycles. The van der Waals surface area contributed by atoms with Gasteiger partial charge in [-0.05, 0) is 42.0 Å². The van der Waals surface area contributed by atoms with Gasteiger partial charge in [0.25, 0.3) is 11.8 Å². The lowest BCUT2D eigenvalue weighted by molar-refractivity contribution is 0.0303.